The van der Waals surface area contributed by atoms with Crippen LogP contribution in [0.5, 0.6) is 0 Å². The lowest BCUT2D eigenvalue weighted by Crippen LogP contribution is -2.39. The molecule has 0 amide bonds. The van der Waals surface area contributed by atoms with E-state index >= 15 is 0 Å². The summed E-state index contributed by atoms with van der Waals surface area (Å²) in [5.74, 6) is 2.38. The van der Waals surface area contributed by atoms with Crippen molar-refractivity contribution in [3.63, 3.8) is 0 Å². The first-order valence-electron chi connectivity index (χ1n) is 7.23. The SMILES string of the molecule is C[C@@H]1C[C@H](C)CC(O)(Cc2nc(C(C)(C)C)no2)C1. The van der Waals surface area contributed by atoms with Gasteiger partial charge in [0.2, 0.25) is 5.89 Å². The Hall–Kier alpha value is -0.900. The molecule has 0 saturated heterocycles. The maximum Gasteiger partial charge on any atom is 0.229 e. The number of nitrogens with zero attached hydrogens (tertiary/aromatic N) is 2. The zero-order valence-electron chi connectivity index (χ0n) is 12.7. The molecule has 1 aliphatic rings. The fourth-order valence-corrected chi connectivity index (χ4v) is 3.29. The van der Waals surface area contributed by atoms with Crippen molar-refractivity contribution in [1.82, 2.24) is 10.1 Å². The van der Waals surface area contributed by atoms with E-state index in [0.717, 1.165) is 12.8 Å². The standard InChI is InChI=1S/C15H26N2O2/c1-10-6-11(2)8-15(18,7-10)9-12-16-13(17-19-12)14(3,4)5/h10-11,18H,6-9H2,1-5H3/t10-,11+,15?. The molecular formula is C15H26N2O2. The first-order valence-corrected chi connectivity index (χ1v) is 7.23. The Morgan fingerprint density at radius 2 is 1.84 bits per heavy atom. The number of aliphatic hydroxyl groups is 1. The summed E-state index contributed by atoms with van der Waals surface area (Å²) in [5.41, 5.74) is -0.795. The van der Waals surface area contributed by atoms with Crippen LogP contribution in [0.15, 0.2) is 4.52 Å². The third-order valence-electron chi connectivity index (χ3n) is 3.88. The molecule has 2 rings (SSSR count). The average Bonchev–Trinajstić information content (AvgIpc) is 2.61. The highest BCUT2D eigenvalue weighted by molar-refractivity contribution is 5.02. The topological polar surface area (TPSA) is 59.2 Å². The molecule has 0 spiro atoms. The second kappa shape index (κ2) is 4.89. The summed E-state index contributed by atoms with van der Waals surface area (Å²) in [6.07, 6.45) is 3.32. The van der Waals surface area contributed by atoms with Gasteiger partial charge in [-0.25, -0.2) is 0 Å². The molecule has 108 valence electrons. The van der Waals surface area contributed by atoms with Crippen LogP contribution in [0.25, 0.3) is 0 Å². The highest BCUT2D eigenvalue weighted by atomic mass is 16.5. The van der Waals surface area contributed by atoms with Crippen molar-refractivity contribution < 1.29 is 9.63 Å². The Morgan fingerprint density at radius 1 is 1.26 bits per heavy atom. The van der Waals surface area contributed by atoms with E-state index in [1.54, 1.807) is 0 Å². The molecule has 3 atom stereocenters. The molecule has 4 nitrogen and oxygen atoms in total. The zero-order chi connectivity index (χ0) is 14.3. The number of rotatable bonds is 2. The number of hydrogen-bond acceptors (Lipinski definition) is 4. The molecule has 0 bridgehead atoms. The van der Waals surface area contributed by atoms with Gasteiger partial charge in [0.1, 0.15) is 0 Å². The van der Waals surface area contributed by atoms with Gasteiger partial charge in [0.15, 0.2) is 5.82 Å². The first kappa shape index (κ1) is 14.5. The summed E-state index contributed by atoms with van der Waals surface area (Å²) in [4.78, 5) is 4.43. The summed E-state index contributed by atoms with van der Waals surface area (Å²) < 4.78 is 5.31. The van der Waals surface area contributed by atoms with Crippen molar-refractivity contribution in [3.05, 3.63) is 11.7 Å². The maximum atomic E-state index is 10.7. The Balaban J connectivity index is 2.10. The van der Waals surface area contributed by atoms with Crippen LogP contribution in [0.4, 0.5) is 0 Å². The fraction of sp³-hybridized carbons (Fsp3) is 0.867. The van der Waals surface area contributed by atoms with E-state index in [0.29, 0.717) is 30.0 Å². The molecule has 1 aromatic heterocycles. The predicted octanol–water partition coefficient (Wildman–Crippen LogP) is 3.10. The third-order valence-corrected chi connectivity index (χ3v) is 3.88. The molecule has 1 saturated carbocycles. The second-order valence-corrected chi connectivity index (χ2v) is 7.52. The molecule has 1 aromatic rings. The molecule has 1 fully saturated rings. The predicted molar refractivity (Wildman–Crippen MR) is 73.8 cm³/mol. The van der Waals surface area contributed by atoms with Crippen molar-refractivity contribution in [2.24, 2.45) is 11.8 Å². The molecule has 0 radical (unpaired) electrons. The molecule has 4 heteroatoms. The van der Waals surface area contributed by atoms with Crippen LogP contribution in [-0.2, 0) is 11.8 Å². The van der Waals surface area contributed by atoms with Crippen molar-refractivity contribution in [3.8, 4) is 0 Å². The van der Waals surface area contributed by atoms with Gasteiger partial charge in [-0.05, 0) is 31.1 Å². The lowest BCUT2D eigenvalue weighted by Gasteiger charge is -2.38. The van der Waals surface area contributed by atoms with Crippen molar-refractivity contribution >= 4 is 0 Å². The molecule has 0 aromatic carbocycles. The number of hydrogen-bond donors (Lipinski definition) is 1. The quantitative estimate of drug-likeness (QED) is 0.893. The lowest BCUT2D eigenvalue weighted by molar-refractivity contribution is -0.0355. The van der Waals surface area contributed by atoms with E-state index in [1.165, 1.54) is 6.42 Å². The monoisotopic (exact) mass is 266 g/mol. The summed E-state index contributed by atoms with van der Waals surface area (Å²) in [6.45, 7) is 10.6. The molecule has 19 heavy (non-hydrogen) atoms. The average molecular weight is 266 g/mol. The van der Waals surface area contributed by atoms with Crippen molar-refractivity contribution in [2.75, 3.05) is 0 Å². The van der Waals surface area contributed by atoms with E-state index < -0.39 is 5.60 Å². The summed E-state index contributed by atoms with van der Waals surface area (Å²) in [5, 5.41) is 14.8. The Morgan fingerprint density at radius 3 is 2.32 bits per heavy atom. The largest absolute Gasteiger partial charge is 0.389 e. The Kier molecular flexibility index (Phi) is 3.74. The Bertz CT molecular complexity index is 424. The molecular weight excluding hydrogens is 240 g/mol. The zero-order valence-corrected chi connectivity index (χ0v) is 12.7. The smallest absolute Gasteiger partial charge is 0.229 e. The number of aromatic nitrogens is 2. The minimum atomic E-state index is -0.682. The highest BCUT2D eigenvalue weighted by Crippen LogP contribution is 2.37. The van der Waals surface area contributed by atoms with Crippen LogP contribution in [-0.4, -0.2) is 20.8 Å². The minimum absolute atomic E-state index is 0.114. The summed E-state index contributed by atoms with van der Waals surface area (Å²) in [7, 11) is 0. The fourth-order valence-electron chi connectivity index (χ4n) is 3.29. The molecule has 1 heterocycles. The van der Waals surface area contributed by atoms with Gasteiger partial charge >= 0.3 is 0 Å². The van der Waals surface area contributed by atoms with Gasteiger partial charge in [-0.15, -0.1) is 0 Å². The van der Waals surface area contributed by atoms with Gasteiger partial charge in [0.05, 0.1) is 12.0 Å². The van der Waals surface area contributed by atoms with Crippen molar-refractivity contribution in [2.45, 2.75) is 71.3 Å². The lowest BCUT2D eigenvalue weighted by atomic mass is 9.72. The van der Waals surface area contributed by atoms with Gasteiger partial charge < -0.3 is 9.63 Å². The van der Waals surface area contributed by atoms with Crippen LogP contribution >= 0.6 is 0 Å². The second-order valence-electron chi connectivity index (χ2n) is 7.52. The maximum absolute atomic E-state index is 10.7. The van der Waals surface area contributed by atoms with Crippen LogP contribution < -0.4 is 0 Å². The van der Waals surface area contributed by atoms with Gasteiger partial charge in [0.25, 0.3) is 0 Å². The Labute approximate surface area is 115 Å². The van der Waals surface area contributed by atoms with Crippen molar-refractivity contribution in [1.29, 1.82) is 0 Å². The normalized spacial score (nSPS) is 32.5. The van der Waals surface area contributed by atoms with E-state index in [-0.39, 0.29) is 5.41 Å². The molecule has 1 N–H and O–H groups in total. The van der Waals surface area contributed by atoms with Crippen LogP contribution in [0, 0.1) is 11.8 Å². The molecule has 0 aliphatic heterocycles. The third kappa shape index (κ3) is 3.56. The van der Waals surface area contributed by atoms with Gasteiger partial charge in [-0.3, -0.25) is 0 Å². The summed E-state index contributed by atoms with van der Waals surface area (Å²) in [6, 6.07) is 0. The van der Waals surface area contributed by atoms with E-state index in [9.17, 15) is 5.11 Å². The van der Waals surface area contributed by atoms with E-state index in [2.05, 4.69) is 44.8 Å². The summed E-state index contributed by atoms with van der Waals surface area (Å²) >= 11 is 0. The first-order chi connectivity index (χ1) is 8.68. The van der Waals surface area contributed by atoms with Crippen LogP contribution in [0.3, 0.4) is 0 Å². The van der Waals surface area contributed by atoms with Crippen LogP contribution in [0.2, 0.25) is 0 Å². The van der Waals surface area contributed by atoms with Gasteiger partial charge in [0, 0.05) is 5.41 Å². The van der Waals surface area contributed by atoms with Crippen LogP contribution in [0.1, 0.15) is 65.6 Å². The van der Waals surface area contributed by atoms with Gasteiger partial charge in [-0.1, -0.05) is 39.8 Å². The molecule has 1 unspecified atom stereocenters. The highest BCUT2D eigenvalue weighted by Gasteiger charge is 2.38. The van der Waals surface area contributed by atoms with E-state index in [1.807, 2.05) is 0 Å². The molecule has 1 aliphatic carbocycles. The minimum Gasteiger partial charge on any atom is -0.389 e. The van der Waals surface area contributed by atoms with E-state index in [4.69, 9.17) is 4.52 Å². The van der Waals surface area contributed by atoms with Gasteiger partial charge in [-0.2, -0.15) is 4.98 Å².